The maximum absolute atomic E-state index is 12.2. The molecule has 0 bridgehead atoms. The largest absolute Gasteiger partial charge is 0.493 e. The summed E-state index contributed by atoms with van der Waals surface area (Å²) in [5, 5.41) is 11.6. The third-order valence-corrected chi connectivity index (χ3v) is 4.16. The van der Waals surface area contributed by atoms with Crippen molar-refractivity contribution in [2.24, 2.45) is 0 Å². The molecule has 0 spiro atoms. The zero-order valence-corrected chi connectivity index (χ0v) is 16.0. The fourth-order valence-electron chi connectivity index (χ4n) is 2.68. The fraction of sp³-hybridized carbons (Fsp3) is 0.333. The minimum Gasteiger partial charge on any atom is -0.493 e. The molecule has 2 rings (SSSR count). The third kappa shape index (κ3) is 6.32. The number of anilines is 1. The number of carbonyl (C=O) groups is 1. The van der Waals surface area contributed by atoms with Crippen LogP contribution in [-0.4, -0.2) is 45.2 Å². The van der Waals surface area contributed by atoms with E-state index in [9.17, 15) is 4.79 Å². The van der Waals surface area contributed by atoms with Crippen molar-refractivity contribution in [1.82, 2.24) is 4.90 Å². The van der Waals surface area contributed by atoms with Gasteiger partial charge in [0.2, 0.25) is 5.91 Å². The van der Waals surface area contributed by atoms with Crippen LogP contribution in [0.3, 0.4) is 0 Å². The molecule has 0 atom stereocenters. The van der Waals surface area contributed by atoms with E-state index < -0.39 is 0 Å². The number of nitriles is 1. The molecular weight excluding hydrogens is 342 g/mol. The van der Waals surface area contributed by atoms with Gasteiger partial charge in [0.1, 0.15) is 0 Å². The van der Waals surface area contributed by atoms with Gasteiger partial charge in [-0.05, 0) is 48.9 Å². The molecule has 142 valence electrons. The van der Waals surface area contributed by atoms with Crippen LogP contribution in [0.2, 0.25) is 0 Å². The Morgan fingerprint density at radius 2 is 1.74 bits per heavy atom. The number of nitrogens with zero attached hydrogens (tertiary/aromatic N) is 2. The molecule has 2 aromatic carbocycles. The number of carbonyl (C=O) groups excluding carboxylic acids is 1. The predicted octanol–water partition coefficient (Wildman–Crippen LogP) is 2.88. The van der Waals surface area contributed by atoms with E-state index in [-0.39, 0.29) is 5.91 Å². The fourth-order valence-corrected chi connectivity index (χ4v) is 2.68. The van der Waals surface area contributed by atoms with Crippen molar-refractivity contribution in [2.75, 3.05) is 39.7 Å². The summed E-state index contributed by atoms with van der Waals surface area (Å²) in [7, 11) is 5.14. The highest BCUT2D eigenvalue weighted by atomic mass is 16.5. The van der Waals surface area contributed by atoms with Gasteiger partial charge in [0.25, 0.3) is 0 Å². The first-order valence-corrected chi connectivity index (χ1v) is 8.71. The first kappa shape index (κ1) is 20.3. The molecule has 27 heavy (non-hydrogen) atoms. The first-order valence-electron chi connectivity index (χ1n) is 8.71. The number of hydrogen-bond acceptors (Lipinski definition) is 5. The molecule has 0 fully saturated rings. The second-order valence-corrected chi connectivity index (χ2v) is 6.26. The van der Waals surface area contributed by atoms with Crippen molar-refractivity contribution in [1.29, 1.82) is 5.26 Å². The quantitative estimate of drug-likeness (QED) is 0.738. The Morgan fingerprint density at radius 1 is 1.07 bits per heavy atom. The van der Waals surface area contributed by atoms with E-state index in [0.29, 0.717) is 24.5 Å². The minimum atomic E-state index is -0.0714. The topological polar surface area (TPSA) is 74.6 Å². The standard InChI is InChI=1S/C21H25N3O3/c1-24(13-11-17-6-9-19(26-2)20(14-17)27-3)15-21(25)23-18-7-4-16(5-8-18)10-12-22/h4-9,14H,10-11,13,15H2,1-3H3,(H,23,25). The van der Waals surface area contributed by atoms with E-state index in [0.717, 1.165) is 29.8 Å². The molecule has 1 N–H and O–H groups in total. The average molecular weight is 367 g/mol. The molecule has 6 nitrogen and oxygen atoms in total. The number of hydrogen-bond donors (Lipinski definition) is 1. The zero-order valence-electron chi connectivity index (χ0n) is 16.0. The van der Waals surface area contributed by atoms with Gasteiger partial charge in [-0.15, -0.1) is 0 Å². The summed E-state index contributed by atoms with van der Waals surface area (Å²) in [4.78, 5) is 14.2. The van der Waals surface area contributed by atoms with Crippen LogP contribution in [0, 0.1) is 11.3 Å². The van der Waals surface area contributed by atoms with Crippen LogP contribution in [0.25, 0.3) is 0 Å². The first-order chi connectivity index (χ1) is 13.0. The second kappa shape index (κ2) is 10.2. The zero-order chi connectivity index (χ0) is 19.6. The summed E-state index contributed by atoms with van der Waals surface area (Å²) < 4.78 is 10.6. The van der Waals surface area contributed by atoms with E-state index in [1.54, 1.807) is 14.2 Å². The van der Waals surface area contributed by atoms with Crippen LogP contribution in [0.15, 0.2) is 42.5 Å². The lowest BCUT2D eigenvalue weighted by atomic mass is 10.1. The number of nitrogens with one attached hydrogen (secondary N) is 1. The van der Waals surface area contributed by atoms with Crippen molar-refractivity contribution < 1.29 is 14.3 Å². The smallest absolute Gasteiger partial charge is 0.238 e. The third-order valence-electron chi connectivity index (χ3n) is 4.16. The van der Waals surface area contributed by atoms with Gasteiger partial charge in [-0.2, -0.15) is 5.26 Å². The minimum absolute atomic E-state index is 0.0714. The van der Waals surface area contributed by atoms with Crippen LogP contribution >= 0.6 is 0 Å². The van der Waals surface area contributed by atoms with Gasteiger partial charge < -0.3 is 14.8 Å². The van der Waals surface area contributed by atoms with Crippen LogP contribution in [-0.2, 0) is 17.6 Å². The summed E-state index contributed by atoms with van der Waals surface area (Å²) >= 11 is 0. The van der Waals surface area contributed by atoms with Crippen LogP contribution in [0.5, 0.6) is 11.5 Å². The van der Waals surface area contributed by atoms with Crippen molar-refractivity contribution in [2.45, 2.75) is 12.8 Å². The number of likely N-dealkylation sites (N-methyl/N-ethyl adjacent to an activating group) is 1. The summed E-state index contributed by atoms with van der Waals surface area (Å²) in [6, 6.07) is 15.3. The lowest BCUT2D eigenvalue weighted by molar-refractivity contribution is -0.117. The molecule has 0 unspecified atom stereocenters. The van der Waals surface area contributed by atoms with Gasteiger partial charge in [-0.3, -0.25) is 9.69 Å². The Bertz CT molecular complexity index is 797. The Kier molecular flexibility index (Phi) is 7.65. The highest BCUT2D eigenvalue weighted by Gasteiger charge is 2.09. The molecule has 0 saturated heterocycles. The van der Waals surface area contributed by atoms with Crippen molar-refractivity contribution in [3.63, 3.8) is 0 Å². The Hall–Kier alpha value is -3.04. The number of benzene rings is 2. The van der Waals surface area contributed by atoms with Crippen LogP contribution < -0.4 is 14.8 Å². The lowest BCUT2D eigenvalue weighted by Gasteiger charge is -2.17. The monoisotopic (exact) mass is 367 g/mol. The summed E-state index contributed by atoms with van der Waals surface area (Å²) in [6.07, 6.45) is 1.17. The van der Waals surface area contributed by atoms with Gasteiger partial charge in [-0.1, -0.05) is 18.2 Å². The van der Waals surface area contributed by atoms with E-state index in [1.807, 2.05) is 54.4 Å². The van der Waals surface area contributed by atoms with Gasteiger partial charge >= 0.3 is 0 Å². The van der Waals surface area contributed by atoms with Crippen LogP contribution in [0.1, 0.15) is 11.1 Å². The predicted molar refractivity (Wildman–Crippen MR) is 105 cm³/mol. The number of methoxy groups -OCH3 is 2. The van der Waals surface area contributed by atoms with Gasteiger partial charge in [0.05, 0.1) is 33.3 Å². The number of amides is 1. The Balaban J connectivity index is 1.82. The molecule has 0 aliphatic carbocycles. The molecule has 0 radical (unpaired) electrons. The molecule has 0 heterocycles. The van der Waals surface area contributed by atoms with Crippen molar-refractivity contribution in [3.8, 4) is 17.6 Å². The molecule has 0 aromatic heterocycles. The lowest BCUT2D eigenvalue weighted by Crippen LogP contribution is -2.31. The van der Waals surface area contributed by atoms with Crippen LogP contribution in [0.4, 0.5) is 5.69 Å². The molecular formula is C21H25N3O3. The molecule has 1 amide bonds. The molecule has 0 saturated carbocycles. The highest BCUT2D eigenvalue weighted by Crippen LogP contribution is 2.27. The normalized spacial score (nSPS) is 10.3. The van der Waals surface area contributed by atoms with E-state index in [4.69, 9.17) is 14.7 Å². The molecule has 6 heteroatoms. The summed E-state index contributed by atoms with van der Waals surface area (Å²) in [5.41, 5.74) is 2.78. The molecule has 0 aliphatic heterocycles. The SMILES string of the molecule is COc1ccc(CCN(C)CC(=O)Nc2ccc(CC#N)cc2)cc1OC. The van der Waals surface area contributed by atoms with E-state index in [1.165, 1.54) is 0 Å². The number of rotatable bonds is 9. The second-order valence-electron chi connectivity index (χ2n) is 6.26. The van der Waals surface area contributed by atoms with Crippen molar-refractivity contribution in [3.05, 3.63) is 53.6 Å². The molecule has 0 aliphatic rings. The number of ether oxygens (including phenoxy) is 2. The van der Waals surface area contributed by atoms with Gasteiger partial charge in [-0.25, -0.2) is 0 Å². The van der Waals surface area contributed by atoms with Gasteiger partial charge in [0.15, 0.2) is 11.5 Å². The van der Waals surface area contributed by atoms with Gasteiger partial charge in [0, 0.05) is 12.2 Å². The maximum atomic E-state index is 12.2. The average Bonchev–Trinajstić information content (AvgIpc) is 2.67. The highest BCUT2D eigenvalue weighted by molar-refractivity contribution is 5.92. The van der Waals surface area contributed by atoms with E-state index in [2.05, 4.69) is 11.4 Å². The van der Waals surface area contributed by atoms with Crippen molar-refractivity contribution >= 4 is 11.6 Å². The summed E-state index contributed by atoms with van der Waals surface area (Å²) in [5.74, 6) is 1.34. The summed E-state index contributed by atoms with van der Waals surface area (Å²) in [6.45, 7) is 1.04. The Morgan fingerprint density at radius 3 is 2.37 bits per heavy atom. The Labute approximate surface area is 160 Å². The maximum Gasteiger partial charge on any atom is 0.238 e. The molecule has 2 aromatic rings. The van der Waals surface area contributed by atoms with E-state index >= 15 is 0 Å².